The lowest BCUT2D eigenvalue weighted by Crippen LogP contribution is -2.17. The van der Waals surface area contributed by atoms with Gasteiger partial charge in [0, 0.05) is 5.56 Å². The van der Waals surface area contributed by atoms with Gasteiger partial charge in [0.25, 0.3) is 5.91 Å². The van der Waals surface area contributed by atoms with Crippen molar-refractivity contribution < 1.29 is 9.21 Å². The Kier molecular flexibility index (Phi) is 3.66. The van der Waals surface area contributed by atoms with Crippen molar-refractivity contribution in [2.45, 2.75) is 0 Å². The summed E-state index contributed by atoms with van der Waals surface area (Å²) in [6.45, 7) is 0. The smallest absolute Gasteiger partial charge is 0.360 e. The Morgan fingerprint density at radius 2 is 1.81 bits per heavy atom. The minimum atomic E-state index is -0.565. The van der Waals surface area contributed by atoms with E-state index in [0.717, 1.165) is 4.88 Å². The van der Waals surface area contributed by atoms with Gasteiger partial charge in [0.05, 0.1) is 4.88 Å². The molecule has 0 atom stereocenters. The zero-order valence-electron chi connectivity index (χ0n) is 10.9. The summed E-state index contributed by atoms with van der Waals surface area (Å²) in [5.41, 5.74) is 0.0496. The van der Waals surface area contributed by atoms with Crippen molar-refractivity contribution >= 4 is 22.9 Å². The molecule has 5 heteroatoms. The van der Waals surface area contributed by atoms with Gasteiger partial charge in [-0.25, -0.2) is 4.79 Å². The third-order valence-electron chi connectivity index (χ3n) is 2.87. The predicted octanol–water partition coefficient (Wildman–Crippen LogP) is 3.62. The standard InChI is InChI=1S/C16H11NO3S/c18-15(11-5-2-1-3-6-11)17-12-8-9-13(20-16(12)19)14-7-4-10-21-14/h1-10H,(H,17,18). The van der Waals surface area contributed by atoms with Gasteiger partial charge in [-0.1, -0.05) is 24.3 Å². The lowest BCUT2D eigenvalue weighted by Gasteiger charge is -2.04. The average Bonchev–Trinajstić information content (AvgIpc) is 3.04. The van der Waals surface area contributed by atoms with Crippen LogP contribution in [0.2, 0.25) is 0 Å². The van der Waals surface area contributed by atoms with E-state index in [9.17, 15) is 9.59 Å². The second-order valence-corrected chi connectivity index (χ2v) is 5.25. The lowest BCUT2D eigenvalue weighted by atomic mass is 10.2. The highest BCUT2D eigenvalue weighted by atomic mass is 32.1. The van der Waals surface area contributed by atoms with Gasteiger partial charge in [0.1, 0.15) is 11.4 Å². The van der Waals surface area contributed by atoms with E-state index < -0.39 is 5.63 Å². The quantitative estimate of drug-likeness (QED) is 0.803. The Balaban J connectivity index is 1.84. The molecule has 1 aromatic carbocycles. The number of carbonyl (C=O) groups excluding carboxylic acids is 1. The van der Waals surface area contributed by atoms with Crippen LogP contribution in [0.4, 0.5) is 5.69 Å². The number of anilines is 1. The van der Waals surface area contributed by atoms with E-state index in [0.29, 0.717) is 11.3 Å². The summed E-state index contributed by atoms with van der Waals surface area (Å²) in [6, 6.07) is 15.7. The molecule has 0 aliphatic heterocycles. The molecule has 0 unspecified atom stereocenters. The van der Waals surface area contributed by atoms with Crippen LogP contribution in [0.5, 0.6) is 0 Å². The van der Waals surface area contributed by atoms with Gasteiger partial charge in [-0.15, -0.1) is 11.3 Å². The summed E-state index contributed by atoms with van der Waals surface area (Å²) in [4.78, 5) is 24.8. The first kappa shape index (κ1) is 13.3. The number of thiophene rings is 1. The highest BCUT2D eigenvalue weighted by molar-refractivity contribution is 7.13. The van der Waals surface area contributed by atoms with E-state index in [2.05, 4.69) is 5.32 Å². The maximum atomic E-state index is 12.0. The molecular formula is C16H11NO3S. The fraction of sp³-hybridized carbons (Fsp3) is 0. The van der Waals surface area contributed by atoms with E-state index in [1.165, 1.54) is 11.3 Å². The van der Waals surface area contributed by atoms with Crippen molar-refractivity contribution in [3.63, 3.8) is 0 Å². The number of amides is 1. The molecule has 104 valence electrons. The van der Waals surface area contributed by atoms with Crippen molar-refractivity contribution in [1.29, 1.82) is 0 Å². The van der Waals surface area contributed by atoms with Gasteiger partial charge in [-0.2, -0.15) is 0 Å². The van der Waals surface area contributed by atoms with Crippen LogP contribution in [-0.2, 0) is 0 Å². The van der Waals surface area contributed by atoms with E-state index in [4.69, 9.17) is 4.42 Å². The molecule has 1 N–H and O–H groups in total. The van der Waals surface area contributed by atoms with Crippen molar-refractivity contribution in [2.24, 2.45) is 0 Å². The molecule has 2 heterocycles. The number of rotatable bonds is 3. The Labute approximate surface area is 124 Å². The zero-order chi connectivity index (χ0) is 14.7. The molecule has 0 bridgehead atoms. The van der Waals surface area contributed by atoms with Gasteiger partial charge >= 0.3 is 5.63 Å². The molecule has 1 amide bonds. The van der Waals surface area contributed by atoms with Gasteiger partial charge in [-0.3, -0.25) is 4.79 Å². The van der Waals surface area contributed by atoms with Crippen LogP contribution >= 0.6 is 11.3 Å². The summed E-state index contributed by atoms with van der Waals surface area (Å²) in [5, 5.41) is 4.46. The van der Waals surface area contributed by atoms with Gasteiger partial charge in [0.2, 0.25) is 0 Å². The third kappa shape index (κ3) is 2.93. The molecule has 21 heavy (non-hydrogen) atoms. The van der Waals surface area contributed by atoms with Crippen molar-refractivity contribution in [3.05, 3.63) is 76.0 Å². The fourth-order valence-electron chi connectivity index (χ4n) is 1.84. The molecule has 0 aliphatic rings. The van der Waals surface area contributed by atoms with Crippen molar-refractivity contribution in [3.8, 4) is 10.6 Å². The Morgan fingerprint density at radius 3 is 2.48 bits per heavy atom. The molecular weight excluding hydrogens is 286 g/mol. The zero-order valence-corrected chi connectivity index (χ0v) is 11.7. The summed E-state index contributed by atoms with van der Waals surface area (Å²) in [5.74, 6) is 0.152. The van der Waals surface area contributed by atoms with E-state index >= 15 is 0 Å². The summed E-state index contributed by atoms with van der Waals surface area (Å²) in [7, 11) is 0. The molecule has 0 radical (unpaired) electrons. The molecule has 4 nitrogen and oxygen atoms in total. The van der Waals surface area contributed by atoms with Crippen LogP contribution < -0.4 is 10.9 Å². The molecule has 0 fully saturated rings. The van der Waals surface area contributed by atoms with Crippen molar-refractivity contribution in [1.82, 2.24) is 0 Å². The average molecular weight is 297 g/mol. The van der Waals surface area contributed by atoms with Gasteiger partial charge in [0.15, 0.2) is 0 Å². The van der Waals surface area contributed by atoms with Gasteiger partial charge < -0.3 is 9.73 Å². The highest BCUT2D eigenvalue weighted by Crippen LogP contribution is 2.23. The largest absolute Gasteiger partial charge is 0.420 e. The number of hydrogen-bond acceptors (Lipinski definition) is 4. The van der Waals surface area contributed by atoms with E-state index in [1.807, 2.05) is 23.6 Å². The predicted molar refractivity (Wildman–Crippen MR) is 82.7 cm³/mol. The molecule has 0 spiro atoms. The minimum Gasteiger partial charge on any atom is -0.420 e. The first-order valence-electron chi connectivity index (χ1n) is 6.28. The Bertz CT molecular complexity index is 807. The molecule has 3 rings (SSSR count). The SMILES string of the molecule is O=C(Nc1ccc(-c2cccs2)oc1=O)c1ccccc1. The van der Waals surface area contributed by atoms with Crippen LogP contribution in [0, 0.1) is 0 Å². The second-order valence-electron chi connectivity index (χ2n) is 4.30. The fourth-order valence-corrected chi connectivity index (χ4v) is 2.53. The van der Waals surface area contributed by atoms with E-state index in [-0.39, 0.29) is 11.6 Å². The molecule has 0 saturated carbocycles. The first-order valence-corrected chi connectivity index (χ1v) is 7.16. The number of carbonyl (C=O) groups is 1. The van der Waals surface area contributed by atoms with E-state index in [1.54, 1.807) is 36.4 Å². The number of nitrogens with one attached hydrogen (secondary N) is 1. The molecule has 2 aromatic heterocycles. The third-order valence-corrected chi connectivity index (χ3v) is 3.76. The Hall–Kier alpha value is -2.66. The molecule has 0 aliphatic carbocycles. The van der Waals surface area contributed by atoms with Crippen molar-refractivity contribution in [2.75, 3.05) is 5.32 Å². The monoisotopic (exact) mass is 297 g/mol. The van der Waals surface area contributed by atoms with Crippen LogP contribution in [-0.4, -0.2) is 5.91 Å². The summed E-state index contributed by atoms with van der Waals surface area (Å²) < 4.78 is 5.23. The second kappa shape index (κ2) is 5.76. The van der Waals surface area contributed by atoms with Crippen LogP contribution in [0.15, 0.2) is 69.2 Å². The first-order chi connectivity index (χ1) is 10.2. The van der Waals surface area contributed by atoms with Crippen LogP contribution in [0.25, 0.3) is 10.6 Å². The summed E-state index contributed by atoms with van der Waals surface area (Å²) in [6.07, 6.45) is 0. The highest BCUT2D eigenvalue weighted by Gasteiger charge is 2.10. The van der Waals surface area contributed by atoms with Gasteiger partial charge in [-0.05, 0) is 35.7 Å². The maximum absolute atomic E-state index is 12.0. The maximum Gasteiger partial charge on any atom is 0.360 e. The van der Waals surface area contributed by atoms with Crippen LogP contribution in [0.3, 0.4) is 0 Å². The Morgan fingerprint density at radius 1 is 1.00 bits per heavy atom. The summed E-state index contributed by atoms with van der Waals surface area (Å²) >= 11 is 1.48. The normalized spacial score (nSPS) is 10.3. The number of hydrogen-bond donors (Lipinski definition) is 1. The topological polar surface area (TPSA) is 59.3 Å². The molecule has 3 aromatic rings. The minimum absolute atomic E-state index is 0.129. The van der Waals surface area contributed by atoms with Crippen LogP contribution in [0.1, 0.15) is 10.4 Å². The number of benzene rings is 1. The lowest BCUT2D eigenvalue weighted by molar-refractivity contribution is 0.102. The molecule has 0 saturated heterocycles.